The second kappa shape index (κ2) is 4.57. The molecule has 0 aliphatic carbocycles. The van der Waals surface area contributed by atoms with E-state index < -0.39 is 0 Å². The van der Waals surface area contributed by atoms with E-state index in [1.165, 1.54) is 0 Å². The third-order valence-electron chi connectivity index (χ3n) is 2.11. The van der Waals surface area contributed by atoms with Gasteiger partial charge < -0.3 is 11.1 Å². The molecule has 1 aromatic carbocycles. The molecule has 0 fully saturated rings. The average molecular weight is 257 g/mol. The molecule has 4 heteroatoms. The van der Waals surface area contributed by atoms with Crippen LogP contribution in [0, 0.1) is 0 Å². The maximum absolute atomic E-state index is 11.8. The summed E-state index contributed by atoms with van der Waals surface area (Å²) in [5.74, 6) is 0.00583. The molecule has 14 heavy (non-hydrogen) atoms. The molecule has 0 radical (unpaired) electrons. The van der Waals surface area contributed by atoms with Crippen LogP contribution in [0.15, 0.2) is 22.7 Å². The topological polar surface area (TPSA) is 55.1 Å². The summed E-state index contributed by atoms with van der Waals surface area (Å²) in [4.78, 5) is 11.8. The number of nitrogen functional groups attached to an aromatic ring is 1. The van der Waals surface area contributed by atoms with E-state index in [0.717, 1.165) is 4.47 Å². The lowest BCUT2D eigenvalue weighted by molar-refractivity contribution is 0.0956. The van der Waals surface area contributed by atoms with Gasteiger partial charge in [0.05, 0.1) is 6.04 Å². The number of benzene rings is 1. The smallest absolute Gasteiger partial charge is 0.181 e. The highest BCUT2D eigenvalue weighted by Crippen LogP contribution is 2.19. The van der Waals surface area contributed by atoms with Crippen molar-refractivity contribution in [3.05, 3.63) is 28.2 Å². The van der Waals surface area contributed by atoms with E-state index in [1.54, 1.807) is 19.2 Å². The fraction of sp³-hybridized carbons (Fsp3) is 0.300. The normalized spacial score (nSPS) is 12.5. The fourth-order valence-electron chi connectivity index (χ4n) is 1.11. The van der Waals surface area contributed by atoms with Crippen molar-refractivity contribution in [2.45, 2.75) is 13.0 Å². The summed E-state index contributed by atoms with van der Waals surface area (Å²) in [6.45, 7) is 1.81. The summed E-state index contributed by atoms with van der Waals surface area (Å²) in [5, 5.41) is 2.89. The van der Waals surface area contributed by atoms with E-state index in [1.807, 2.05) is 13.0 Å². The SMILES string of the molecule is CNC(C)C(=O)c1cc(Br)ccc1N. The molecule has 0 saturated carbocycles. The summed E-state index contributed by atoms with van der Waals surface area (Å²) in [5.41, 5.74) is 6.78. The van der Waals surface area contributed by atoms with E-state index in [9.17, 15) is 4.79 Å². The molecule has 1 atom stereocenters. The summed E-state index contributed by atoms with van der Waals surface area (Å²) >= 11 is 3.31. The average Bonchev–Trinajstić information content (AvgIpc) is 2.19. The van der Waals surface area contributed by atoms with E-state index in [-0.39, 0.29) is 11.8 Å². The molecule has 3 nitrogen and oxygen atoms in total. The highest BCUT2D eigenvalue weighted by atomic mass is 79.9. The van der Waals surface area contributed by atoms with Crippen molar-refractivity contribution in [1.29, 1.82) is 0 Å². The Labute approximate surface area is 91.8 Å². The maximum Gasteiger partial charge on any atom is 0.181 e. The van der Waals surface area contributed by atoms with E-state index in [2.05, 4.69) is 21.2 Å². The minimum atomic E-state index is -0.216. The van der Waals surface area contributed by atoms with Crippen LogP contribution in [0.3, 0.4) is 0 Å². The van der Waals surface area contributed by atoms with Crippen LogP contribution in [0.2, 0.25) is 0 Å². The number of nitrogens with one attached hydrogen (secondary N) is 1. The summed E-state index contributed by atoms with van der Waals surface area (Å²) in [7, 11) is 1.75. The Bertz CT molecular complexity index is 352. The second-order valence-electron chi connectivity index (χ2n) is 3.11. The van der Waals surface area contributed by atoms with Crippen molar-refractivity contribution in [2.24, 2.45) is 0 Å². The maximum atomic E-state index is 11.8. The monoisotopic (exact) mass is 256 g/mol. The molecule has 0 saturated heterocycles. The molecule has 0 heterocycles. The van der Waals surface area contributed by atoms with E-state index in [0.29, 0.717) is 11.3 Å². The van der Waals surface area contributed by atoms with Gasteiger partial charge in [0.1, 0.15) is 0 Å². The van der Waals surface area contributed by atoms with Crippen LogP contribution in [0.25, 0.3) is 0 Å². The molecule has 0 amide bonds. The van der Waals surface area contributed by atoms with Crippen molar-refractivity contribution in [3.63, 3.8) is 0 Å². The molecule has 0 aliphatic rings. The van der Waals surface area contributed by atoms with Gasteiger partial charge in [0, 0.05) is 15.7 Å². The predicted octanol–water partition coefficient (Wildman–Crippen LogP) is 1.82. The number of likely N-dealkylation sites (N-methyl/N-ethyl adjacent to an activating group) is 1. The van der Waals surface area contributed by atoms with Crippen molar-refractivity contribution in [2.75, 3.05) is 12.8 Å². The minimum absolute atomic E-state index is 0.00583. The molecule has 0 bridgehead atoms. The van der Waals surface area contributed by atoms with Crippen molar-refractivity contribution >= 4 is 27.4 Å². The number of hydrogen-bond donors (Lipinski definition) is 2. The number of carbonyl (C=O) groups is 1. The van der Waals surface area contributed by atoms with Gasteiger partial charge in [0.25, 0.3) is 0 Å². The van der Waals surface area contributed by atoms with Gasteiger partial charge in [-0.15, -0.1) is 0 Å². The van der Waals surface area contributed by atoms with Crippen LogP contribution in [0.1, 0.15) is 17.3 Å². The van der Waals surface area contributed by atoms with Crippen LogP contribution in [-0.4, -0.2) is 18.9 Å². The molecular weight excluding hydrogens is 244 g/mol. The van der Waals surface area contributed by atoms with Gasteiger partial charge in [0.15, 0.2) is 5.78 Å². The molecular formula is C10H13BrN2O. The predicted molar refractivity (Wildman–Crippen MR) is 61.4 cm³/mol. The first kappa shape index (κ1) is 11.2. The third kappa shape index (κ3) is 2.33. The van der Waals surface area contributed by atoms with Crippen molar-refractivity contribution in [1.82, 2.24) is 5.32 Å². The Balaban J connectivity index is 3.06. The number of rotatable bonds is 3. The number of hydrogen-bond acceptors (Lipinski definition) is 3. The Morgan fingerprint density at radius 1 is 1.57 bits per heavy atom. The van der Waals surface area contributed by atoms with Gasteiger partial charge in [-0.1, -0.05) is 15.9 Å². The number of halogens is 1. The summed E-state index contributed by atoms with van der Waals surface area (Å²) < 4.78 is 0.860. The molecule has 1 rings (SSSR count). The molecule has 1 aromatic rings. The zero-order valence-electron chi connectivity index (χ0n) is 8.17. The Hall–Kier alpha value is -0.870. The van der Waals surface area contributed by atoms with Gasteiger partial charge in [-0.05, 0) is 32.2 Å². The summed E-state index contributed by atoms with van der Waals surface area (Å²) in [6, 6.07) is 5.06. The largest absolute Gasteiger partial charge is 0.398 e. The zero-order valence-corrected chi connectivity index (χ0v) is 9.76. The molecule has 0 aromatic heterocycles. The standard InChI is InChI=1S/C10H13BrN2O/c1-6(13-2)10(14)8-5-7(11)3-4-9(8)12/h3-6,13H,12H2,1-2H3. The zero-order chi connectivity index (χ0) is 10.7. The number of carbonyl (C=O) groups excluding carboxylic acids is 1. The van der Waals surface area contributed by atoms with Crippen LogP contribution < -0.4 is 11.1 Å². The van der Waals surface area contributed by atoms with Crippen molar-refractivity contribution in [3.8, 4) is 0 Å². The van der Waals surface area contributed by atoms with Gasteiger partial charge in [-0.3, -0.25) is 4.79 Å². The van der Waals surface area contributed by atoms with Gasteiger partial charge in [-0.25, -0.2) is 0 Å². The minimum Gasteiger partial charge on any atom is -0.398 e. The number of nitrogens with two attached hydrogens (primary N) is 1. The van der Waals surface area contributed by atoms with E-state index >= 15 is 0 Å². The quantitative estimate of drug-likeness (QED) is 0.641. The Kier molecular flexibility index (Phi) is 3.66. The Morgan fingerprint density at radius 3 is 2.79 bits per heavy atom. The highest BCUT2D eigenvalue weighted by molar-refractivity contribution is 9.10. The second-order valence-corrected chi connectivity index (χ2v) is 4.02. The molecule has 0 aliphatic heterocycles. The third-order valence-corrected chi connectivity index (χ3v) is 2.60. The molecule has 1 unspecified atom stereocenters. The van der Waals surface area contributed by atoms with Crippen LogP contribution in [-0.2, 0) is 0 Å². The molecule has 76 valence electrons. The first-order valence-electron chi connectivity index (χ1n) is 4.32. The molecule has 3 N–H and O–H groups in total. The lowest BCUT2D eigenvalue weighted by atomic mass is 10.0. The fourth-order valence-corrected chi connectivity index (χ4v) is 1.47. The van der Waals surface area contributed by atoms with Crippen LogP contribution >= 0.6 is 15.9 Å². The van der Waals surface area contributed by atoms with Gasteiger partial charge in [0.2, 0.25) is 0 Å². The number of anilines is 1. The molecule has 0 spiro atoms. The number of Topliss-reactive ketones (excluding diaryl/α,β-unsaturated/α-hetero) is 1. The van der Waals surface area contributed by atoms with Crippen LogP contribution in [0.5, 0.6) is 0 Å². The lowest BCUT2D eigenvalue weighted by Crippen LogP contribution is -2.31. The number of ketones is 1. The highest BCUT2D eigenvalue weighted by Gasteiger charge is 2.15. The van der Waals surface area contributed by atoms with Crippen molar-refractivity contribution < 1.29 is 4.79 Å². The summed E-state index contributed by atoms with van der Waals surface area (Å²) in [6.07, 6.45) is 0. The van der Waals surface area contributed by atoms with Gasteiger partial charge >= 0.3 is 0 Å². The first-order chi connectivity index (χ1) is 6.56. The van der Waals surface area contributed by atoms with Gasteiger partial charge in [-0.2, -0.15) is 0 Å². The lowest BCUT2D eigenvalue weighted by Gasteiger charge is -2.11. The van der Waals surface area contributed by atoms with Crippen LogP contribution in [0.4, 0.5) is 5.69 Å². The Morgan fingerprint density at radius 2 is 2.21 bits per heavy atom. The van der Waals surface area contributed by atoms with E-state index in [4.69, 9.17) is 5.73 Å². The first-order valence-corrected chi connectivity index (χ1v) is 5.12.